The molecule has 0 radical (unpaired) electrons. The molecule has 2 unspecified atom stereocenters. The van der Waals surface area contributed by atoms with Gasteiger partial charge >= 0.3 is 0 Å². The van der Waals surface area contributed by atoms with Crippen LogP contribution in [0.15, 0.2) is 18.2 Å². The van der Waals surface area contributed by atoms with Crippen LogP contribution in [0.3, 0.4) is 0 Å². The third-order valence-electron chi connectivity index (χ3n) is 2.42. The van der Waals surface area contributed by atoms with Crippen molar-refractivity contribution < 1.29 is 19.9 Å². The average Bonchev–Trinajstić information content (AvgIpc) is 2.36. The fraction of sp³-hybridized carbons (Fsp3) is 0.364. The highest BCUT2D eigenvalue weighted by atomic mass is 32.1. The first-order chi connectivity index (χ1) is 8.86. The predicted octanol–water partition coefficient (Wildman–Crippen LogP) is 0.877. The molecule has 104 valence electrons. The molecule has 0 bridgehead atoms. The highest BCUT2D eigenvalue weighted by Gasteiger charge is 2.22. The van der Waals surface area contributed by atoms with Gasteiger partial charge in [0.2, 0.25) is 5.91 Å². The van der Waals surface area contributed by atoms with Crippen molar-refractivity contribution in [3.8, 4) is 0 Å². The van der Waals surface area contributed by atoms with Crippen LogP contribution in [0.4, 0.5) is 11.4 Å². The summed E-state index contributed by atoms with van der Waals surface area (Å²) >= 11 is 3.84. The van der Waals surface area contributed by atoms with Gasteiger partial charge in [0.25, 0.3) is 5.69 Å². The molecule has 0 fully saturated rings. The molecule has 1 rings (SSSR count). The Morgan fingerprint density at radius 2 is 2.16 bits per heavy atom. The number of hydrogen-bond donors (Lipinski definition) is 4. The Kier molecular flexibility index (Phi) is 5.28. The Balaban J connectivity index is 3.15. The number of carbonyl (C=O) groups excluding carboxylic acids is 1. The molecule has 7 nitrogen and oxygen atoms in total. The minimum Gasteiger partial charge on any atom is -0.389 e. The van der Waals surface area contributed by atoms with Crippen molar-refractivity contribution in [3.63, 3.8) is 0 Å². The number of amides is 1. The zero-order valence-electron chi connectivity index (χ0n) is 10.1. The van der Waals surface area contributed by atoms with E-state index >= 15 is 0 Å². The number of aliphatic hydroxyl groups excluding tert-OH is 2. The first-order valence-corrected chi connectivity index (χ1v) is 6.03. The Morgan fingerprint density at radius 3 is 2.63 bits per heavy atom. The van der Waals surface area contributed by atoms with Gasteiger partial charge < -0.3 is 15.5 Å². The van der Waals surface area contributed by atoms with Crippen molar-refractivity contribution in [1.82, 2.24) is 0 Å². The third kappa shape index (κ3) is 3.91. The number of nitro groups is 1. The summed E-state index contributed by atoms with van der Waals surface area (Å²) in [6.45, 7) is 1.23. The van der Waals surface area contributed by atoms with Gasteiger partial charge in [0.15, 0.2) is 0 Å². The van der Waals surface area contributed by atoms with Crippen molar-refractivity contribution >= 4 is 29.9 Å². The third-order valence-corrected chi connectivity index (χ3v) is 2.80. The minimum absolute atomic E-state index is 0.0163. The van der Waals surface area contributed by atoms with E-state index in [0.717, 1.165) is 6.07 Å². The molecule has 1 aromatic carbocycles. The topological polar surface area (TPSA) is 113 Å². The smallest absolute Gasteiger partial charge is 0.293 e. The maximum Gasteiger partial charge on any atom is 0.293 e. The van der Waals surface area contributed by atoms with Crippen LogP contribution < -0.4 is 5.32 Å². The number of thiol groups is 1. The highest BCUT2D eigenvalue weighted by molar-refractivity contribution is 7.80. The van der Waals surface area contributed by atoms with E-state index in [-0.39, 0.29) is 22.7 Å². The summed E-state index contributed by atoms with van der Waals surface area (Å²) in [5.74, 6) is -0.422. The first-order valence-electron chi connectivity index (χ1n) is 5.39. The average molecular weight is 286 g/mol. The van der Waals surface area contributed by atoms with Gasteiger partial charge in [0.05, 0.1) is 11.0 Å². The summed E-state index contributed by atoms with van der Waals surface area (Å²) in [7, 11) is 0. The molecule has 0 aliphatic heterocycles. The number of nitro benzene ring substituents is 1. The van der Waals surface area contributed by atoms with Crippen molar-refractivity contribution in [3.05, 3.63) is 33.9 Å². The summed E-state index contributed by atoms with van der Waals surface area (Å²) in [6.07, 6.45) is -2.41. The number of aliphatic hydroxyl groups is 2. The van der Waals surface area contributed by atoms with E-state index < -0.39 is 23.0 Å². The molecule has 2 atom stereocenters. The van der Waals surface area contributed by atoms with E-state index in [9.17, 15) is 25.1 Å². The van der Waals surface area contributed by atoms with Crippen molar-refractivity contribution in [1.29, 1.82) is 0 Å². The van der Waals surface area contributed by atoms with Crippen LogP contribution in [-0.2, 0) is 4.79 Å². The number of benzene rings is 1. The summed E-state index contributed by atoms with van der Waals surface area (Å²) in [6, 6.07) is 3.82. The van der Waals surface area contributed by atoms with Crippen molar-refractivity contribution in [2.75, 3.05) is 11.1 Å². The van der Waals surface area contributed by atoms with E-state index in [4.69, 9.17) is 0 Å². The molecular weight excluding hydrogens is 272 g/mol. The first kappa shape index (κ1) is 15.4. The number of rotatable bonds is 5. The molecule has 1 amide bonds. The van der Waals surface area contributed by atoms with E-state index in [1.54, 1.807) is 0 Å². The van der Waals surface area contributed by atoms with E-state index in [1.165, 1.54) is 19.1 Å². The van der Waals surface area contributed by atoms with E-state index in [1.807, 2.05) is 0 Å². The molecule has 19 heavy (non-hydrogen) atoms. The molecule has 8 heteroatoms. The molecule has 0 heterocycles. The number of nitrogens with zero attached hydrogens (tertiary/aromatic N) is 1. The lowest BCUT2D eigenvalue weighted by Gasteiger charge is -2.16. The second-order valence-electron chi connectivity index (χ2n) is 3.91. The lowest BCUT2D eigenvalue weighted by molar-refractivity contribution is -0.384. The van der Waals surface area contributed by atoms with Crippen molar-refractivity contribution in [2.24, 2.45) is 0 Å². The molecule has 0 saturated heterocycles. The van der Waals surface area contributed by atoms with Gasteiger partial charge in [-0.2, -0.15) is 12.6 Å². The summed E-state index contributed by atoms with van der Waals surface area (Å²) in [4.78, 5) is 21.2. The van der Waals surface area contributed by atoms with Gasteiger partial charge in [-0.3, -0.25) is 14.9 Å². The summed E-state index contributed by atoms with van der Waals surface area (Å²) in [5, 5.41) is 32.5. The zero-order valence-corrected chi connectivity index (χ0v) is 11.0. The van der Waals surface area contributed by atoms with Crippen LogP contribution in [-0.4, -0.2) is 32.9 Å². The molecule has 0 aliphatic rings. The molecular formula is C11H14N2O5S. The van der Waals surface area contributed by atoms with E-state index in [2.05, 4.69) is 17.9 Å². The Hall–Kier alpha value is -1.64. The zero-order chi connectivity index (χ0) is 14.6. The second kappa shape index (κ2) is 6.50. The Morgan fingerprint density at radius 1 is 1.53 bits per heavy atom. The van der Waals surface area contributed by atoms with Crippen LogP contribution in [0.1, 0.15) is 18.6 Å². The monoisotopic (exact) mass is 286 g/mol. The predicted molar refractivity (Wildman–Crippen MR) is 72.2 cm³/mol. The van der Waals surface area contributed by atoms with Crippen molar-refractivity contribution in [2.45, 2.75) is 19.1 Å². The molecule has 0 spiro atoms. The van der Waals surface area contributed by atoms with Gasteiger partial charge in [0, 0.05) is 18.7 Å². The van der Waals surface area contributed by atoms with Gasteiger partial charge in [-0.15, -0.1) is 0 Å². The number of anilines is 1. The molecule has 1 aromatic rings. The number of hydrogen-bond acceptors (Lipinski definition) is 6. The summed E-state index contributed by atoms with van der Waals surface area (Å²) in [5.41, 5.74) is -0.130. The standard InChI is InChI=1S/C11H14N2O5S/c1-6(14)12-8-3-2-7(4-9(8)13(17)18)11(16)10(15)5-19/h2-4,10-11,15-16,19H,5H2,1H3,(H,12,14). The fourth-order valence-corrected chi connectivity index (χ4v) is 1.70. The minimum atomic E-state index is -1.28. The molecule has 3 N–H and O–H groups in total. The normalized spacial score (nSPS) is 13.7. The van der Waals surface area contributed by atoms with E-state index in [0.29, 0.717) is 0 Å². The SMILES string of the molecule is CC(=O)Nc1ccc(C(O)C(O)CS)cc1[N+](=O)[O-]. The number of carbonyl (C=O) groups is 1. The molecule has 0 saturated carbocycles. The van der Waals surface area contributed by atoms with Crippen LogP contribution >= 0.6 is 12.6 Å². The van der Waals surface area contributed by atoms with Crippen LogP contribution in [0.5, 0.6) is 0 Å². The van der Waals surface area contributed by atoms with Gasteiger partial charge in [-0.05, 0) is 11.6 Å². The van der Waals surface area contributed by atoms with Gasteiger partial charge in [0.1, 0.15) is 11.8 Å². The molecule has 0 aromatic heterocycles. The van der Waals surface area contributed by atoms with Gasteiger partial charge in [-0.25, -0.2) is 0 Å². The largest absolute Gasteiger partial charge is 0.389 e. The molecule has 0 aliphatic carbocycles. The van der Waals surface area contributed by atoms with Crippen LogP contribution in [0, 0.1) is 10.1 Å². The maximum absolute atomic E-state index is 10.9. The number of nitrogens with one attached hydrogen (secondary N) is 1. The lowest BCUT2D eigenvalue weighted by Crippen LogP contribution is -2.20. The summed E-state index contributed by atoms with van der Waals surface area (Å²) < 4.78 is 0. The fourth-order valence-electron chi connectivity index (χ4n) is 1.50. The Bertz CT molecular complexity index is 494. The maximum atomic E-state index is 10.9. The van der Waals surface area contributed by atoms with Gasteiger partial charge in [-0.1, -0.05) is 6.07 Å². The highest BCUT2D eigenvalue weighted by Crippen LogP contribution is 2.29. The Labute approximate surface area is 114 Å². The lowest BCUT2D eigenvalue weighted by atomic mass is 10.0. The quantitative estimate of drug-likeness (QED) is 0.364. The second-order valence-corrected chi connectivity index (χ2v) is 4.27. The van der Waals surface area contributed by atoms with Crippen LogP contribution in [0.2, 0.25) is 0 Å². The van der Waals surface area contributed by atoms with Crippen LogP contribution in [0.25, 0.3) is 0 Å².